The third-order valence-corrected chi connectivity index (χ3v) is 3.37. The van der Waals surface area contributed by atoms with Gasteiger partial charge in [0.15, 0.2) is 0 Å². The molecule has 0 fully saturated rings. The van der Waals surface area contributed by atoms with E-state index in [-0.39, 0.29) is 31.3 Å². The van der Waals surface area contributed by atoms with Crippen LogP contribution in [0.4, 0.5) is 0 Å². The minimum atomic E-state index is -0.897. The Morgan fingerprint density at radius 1 is 1.32 bits per heavy atom. The van der Waals surface area contributed by atoms with Gasteiger partial charge in [0.05, 0.1) is 18.1 Å². The number of carbonyl (C=O) groups excluding carboxylic acids is 1. The number of amides is 1. The molecule has 0 aliphatic rings. The number of para-hydroxylation sites is 1. The summed E-state index contributed by atoms with van der Waals surface area (Å²) in [6.07, 6.45) is 1.69. The first-order valence-corrected chi connectivity index (χ1v) is 7.37. The third kappa shape index (κ3) is 4.07. The van der Waals surface area contributed by atoms with Crippen LogP contribution in [0.25, 0.3) is 10.9 Å². The lowest BCUT2D eigenvalue weighted by Gasteiger charge is -2.24. The first-order chi connectivity index (χ1) is 10.5. The van der Waals surface area contributed by atoms with E-state index in [1.807, 2.05) is 38.1 Å². The first kappa shape index (κ1) is 16.0. The molecule has 6 heteroatoms. The third-order valence-electron chi connectivity index (χ3n) is 3.37. The molecule has 0 saturated carbocycles. The molecule has 0 aliphatic carbocycles. The van der Waals surface area contributed by atoms with E-state index in [1.54, 1.807) is 15.8 Å². The summed E-state index contributed by atoms with van der Waals surface area (Å²) in [7, 11) is 0. The monoisotopic (exact) mass is 303 g/mol. The maximum Gasteiger partial charge on any atom is 0.305 e. The first-order valence-electron chi connectivity index (χ1n) is 7.37. The minimum absolute atomic E-state index is 0.0433. The van der Waals surface area contributed by atoms with Gasteiger partial charge >= 0.3 is 5.97 Å². The fourth-order valence-electron chi connectivity index (χ4n) is 2.37. The molecular formula is C16H21N3O3. The van der Waals surface area contributed by atoms with Crippen molar-refractivity contribution in [2.24, 2.45) is 5.92 Å². The Bertz CT molecular complexity index is 663. The molecule has 0 bridgehead atoms. The quantitative estimate of drug-likeness (QED) is 0.849. The lowest BCUT2D eigenvalue weighted by molar-refractivity contribution is -0.138. The molecule has 0 spiro atoms. The smallest absolute Gasteiger partial charge is 0.305 e. The van der Waals surface area contributed by atoms with E-state index in [4.69, 9.17) is 5.11 Å². The van der Waals surface area contributed by atoms with Crippen LogP contribution in [0.5, 0.6) is 0 Å². The molecule has 22 heavy (non-hydrogen) atoms. The summed E-state index contributed by atoms with van der Waals surface area (Å²) in [6, 6.07) is 7.69. The molecule has 0 unspecified atom stereocenters. The number of hydrogen-bond donors (Lipinski definition) is 1. The highest BCUT2D eigenvalue weighted by atomic mass is 16.4. The predicted molar refractivity (Wildman–Crippen MR) is 83.4 cm³/mol. The van der Waals surface area contributed by atoms with Crippen molar-refractivity contribution >= 4 is 22.8 Å². The number of fused-ring (bicyclic) bond motifs is 1. The fraction of sp³-hybridized carbons (Fsp3) is 0.438. The van der Waals surface area contributed by atoms with Crippen molar-refractivity contribution in [3.8, 4) is 0 Å². The standard InChI is InChI=1S/C16H21N3O3/c1-12(2)10-18(8-7-16(21)22)15(20)11-19-14-6-4-3-5-13(14)9-17-19/h3-6,9,12H,7-8,10-11H2,1-2H3,(H,21,22). The predicted octanol–water partition coefficient (Wildman–Crippen LogP) is 2.00. The number of aromatic nitrogens is 2. The summed E-state index contributed by atoms with van der Waals surface area (Å²) in [6.45, 7) is 4.91. The van der Waals surface area contributed by atoms with Crippen molar-refractivity contribution in [1.29, 1.82) is 0 Å². The van der Waals surface area contributed by atoms with Crippen LogP contribution >= 0.6 is 0 Å². The highest BCUT2D eigenvalue weighted by Gasteiger charge is 2.17. The Kier molecular flexibility index (Phi) is 5.14. The second-order valence-electron chi connectivity index (χ2n) is 5.74. The molecule has 1 heterocycles. The zero-order chi connectivity index (χ0) is 16.1. The Morgan fingerprint density at radius 3 is 2.73 bits per heavy atom. The van der Waals surface area contributed by atoms with Gasteiger partial charge < -0.3 is 10.0 Å². The number of benzene rings is 1. The van der Waals surface area contributed by atoms with E-state index in [9.17, 15) is 9.59 Å². The largest absolute Gasteiger partial charge is 0.481 e. The van der Waals surface area contributed by atoms with Crippen LogP contribution in [0.15, 0.2) is 30.5 Å². The number of aliphatic carboxylic acids is 1. The van der Waals surface area contributed by atoms with Crippen molar-refractivity contribution in [1.82, 2.24) is 14.7 Å². The second kappa shape index (κ2) is 7.06. The lowest BCUT2D eigenvalue weighted by Crippen LogP contribution is -2.38. The maximum absolute atomic E-state index is 12.5. The van der Waals surface area contributed by atoms with Gasteiger partial charge in [-0.05, 0) is 12.0 Å². The maximum atomic E-state index is 12.5. The Balaban J connectivity index is 2.10. The van der Waals surface area contributed by atoms with Crippen LogP contribution in [0, 0.1) is 5.92 Å². The molecule has 2 aromatic rings. The van der Waals surface area contributed by atoms with E-state index < -0.39 is 5.97 Å². The molecule has 0 atom stereocenters. The molecule has 6 nitrogen and oxygen atoms in total. The Morgan fingerprint density at radius 2 is 2.05 bits per heavy atom. The topological polar surface area (TPSA) is 75.4 Å². The van der Waals surface area contributed by atoms with E-state index in [0.717, 1.165) is 10.9 Å². The van der Waals surface area contributed by atoms with Gasteiger partial charge in [-0.3, -0.25) is 14.3 Å². The molecule has 1 N–H and O–H groups in total. The zero-order valence-corrected chi connectivity index (χ0v) is 12.9. The van der Waals surface area contributed by atoms with Gasteiger partial charge in [0.25, 0.3) is 0 Å². The van der Waals surface area contributed by atoms with Crippen molar-refractivity contribution in [2.45, 2.75) is 26.8 Å². The van der Waals surface area contributed by atoms with E-state index >= 15 is 0 Å². The van der Waals surface area contributed by atoms with Crippen molar-refractivity contribution in [2.75, 3.05) is 13.1 Å². The normalized spacial score (nSPS) is 11.0. The van der Waals surface area contributed by atoms with Crippen LogP contribution in [0.2, 0.25) is 0 Å². The molecule has 2 rings (SSSR count). The summed E-state index contributed by atoms with van der Waals surface area (Å²) in [4.78, 5) is 24.8. The summed E-state index contributed by atoms with van der Waals surface area (Å²) < 4.78 is 1.66. The summed E-state index contributed by atoms with van der Waals surface area (Å²) in [5.74, 6) is -0.720. The number of rotatable bonds is 7. The van der Waals surface area contributed by atoms with Crippen molar-refractivity contribution in [3.05, 3.63) is 30.5 Å². The Hall–Kier alpha value is -2.37. The summed E-state index contributed by atoms with van der Waals surface area (Å²) in [5.41, 5.74) is 0.901. The van der Waals surface area contributed by atoms with Crippen molar-refractivity contribution in [3.63, 3.8) is 0 Å². The summed E-state index contributed by atoms with van der Waals surface area (Å²) >= 11 is 0. The van der Waals surface area contributed by atoms with E-state index in [1.165, 1.54) is 0 Å². The molecule has 1 aromatic heterocycles. The molecule has 118 valence electrons. The molecule has 1 amide bonds. The summed E-state index contributed by atoms with van der Waals surface area (Å²) in [5, 5.41) is 14.0. The number of nitrogens with zero attached hydrogens (tertiary/aromatic N) is 3. The number of hydrogen-bond acceptors (Lipinski definition) is 3. The van der Waals surface area contributed by atoms with Crippen LogP contribution in [-0.2, 0) is 16.1 Å². The zero-order valence-electron chi connectivity index (χ0n) is 12.9. The van der Waals surface area contributed by atoms with Crippen LogP contribution in [-0.4, -0.2) is 44.8 Å². The van der Waals surface area contributed by atoms with Crippen molar-refractivity contribution < 1.29 is 14.7 Å². The second-order valence-corrected chi connectivity index (χ2v) is 5.74. The van der Waals surface area contributed by atoms with Crippen LogP contribution in [0.1, 0.15) is 20.3 Å². The number of carboxylic acid groups (broad SMARTS) is 1. The van der Waals surface area contributed by atoms with Gasteiger partial charge in [-0.25, -0.2) is 0 Å². The Labute approximate surface area is 129 Å². The average molecular weight is 303 g/mol. The highest BCUT2D eigenvalue weighted by molar-refractivity contribution is 5.82. The molecule has 0 aliphatic heterocycles. The van der Waals surface area contributed by atoms with Gasteiger partial charge in [0, 0.05) is 18.5 Å². The van der Waals surface area contributed by atoms with Gasteiger partial charge in [-0.15, -0.1) is 0 Å². The number of carbonyl (C=O) groups is 2. The number of carboxylic acids is 1. The molecule has 0 radical (unpaired) electrons. The fourth-order valence-corrected chi connectivity index (χ4v) is 2.37. The molecular weight excluding hydrogens is 282 g/mol. The van der Waals surface area contributed by atoms with E-state index in [2.05, 4.69) is 5.10 Å². The molecule has 1 aromatic carbocycles. The van der Waals surface area contributed by atoms with E-state index in [0.29, 0.717) is 6.54 Å². The lowest BCUT2D eigenvalue weighted by atomic mass is 10.2. The van der Waals surface area contributed by atoms with Gasteiger partial charge in [0.2, 0.25) is 5.91 Å². The van der Waals surface area contributed by atoms with Crippen LogP contribution < -0.4 is 0 Å². The van der Waals surface area contributed by atoms with Gasteiger partial charge in [0.1, 0.15) is 6.54 Å². The average Bonchev–Trinajstić information content (AvgIpc) is 2.86. The minimum Gasteiger partial charge on any atom is -0.481 e. The highest BCUT2D eigenvalue weighted by Crippen LogP contribution is 2.13. The van der Waals surface area contributed by atoms with Gasteiger partial charge in [-0.1, -0.05) is 32.0 Å². The SMILES string of the molecule is CC(C)CN(CCC(=O)O)C(=O)Cn1ncc2ccccc21. The molecule has 0 saturated heterocycles. The van der Waals surface area contributed by atoms with Crippen LogP contribution in [0.3, 0.4) is 0 Å². The van der Waals surface area contributed by atoms with Gasteiger partial charge in [-0.2, -0.15) is 5.10 Å².